The first kappa shape index (κ1) is 19.8. The number of phenolic OH excluding ortho intramolecular Hbond substituents is 1. The van der Waals surface area contributed by atoms with E-state index in [1.54, 1.807) is 26.0 Å². The van der Waals surface area contributed by atoms with Crippen molar-refractivity contribution in [3.8, 4) is 5.75 Å². The minimum atomic E-state index is -0.820. The Morgan fingerprint density at radius 3 is 2.47 bits per heavy atom. The number of phenols is 1. The van der Waals surface area contributed by atoms with Crippen LogP contribution in [0.15, 0.2) is 65.9 Å². The van der Waals surface area contributed by atoms with Gasteiger partial charge in [-0.3, -0.25) is 9.59 Å². The van der Waals surface area contributed by atoms with Gasteiger partial charge in [0.05, 0.1) is 27.2 Å². The van der Waals surface area contributed by atoms with E-state index in [2.05, 4.69) is 4.98 Å². The molecule has 0 saturated heterocycles. The zero-order valence-corrected chi connectivity index (χ0v) is 17.3. The van der Waals surface area contributed by atoms with Gasteiger partial charge in [0, 0.05) is 6.54 Å². The van der Waals surface area contributed by atoms with Crippen LogP contribution in [0, 0.1) is 13.8 Å². The van der Waals surface area contributed by atoms with Crippen molar-refractivity contribution in [2.45, 2.75) is 26.4 Å². The largest absolute Gasteiger partial charge is 0.508 e. The predicted molar refractivity (Wildman–Crippen MR) is 113 cm³/mol. The molecule has 2 aromatic carbocycles. The van der Waals surface area contributed by atoms with Crippen molar-refractivity contribution >= 4 is 23.0 Å². The zero-order valence-electron chi connectivity index (χ0n) is 16.5. The van der Waals surface area contributed by atoms with Crippen molar-refractivity contribution in [2.75, 3.05) is 0 Å². The molecule has 0 saturated carbocycles. The third-order valence-electron chi connectivity index (χ3n) is 5.04. The van der Waals surface area contributed by atoms with Crippen LogP contribution in [0.1, 0.15) is 37.5 Å². The number of aromatic nitrogens is 1. The average Bonchev–Trinajstić information content (AvgIpc) is 3.19. The molecule has 0 aliphatic carbocycles. The second kappa shape index (κ2) is 7.76. The Morgan fingerprint density at radius 1 is 1.10 bits per heavy atom. The summed E-state index contributed by atoms with van der Waals surface area (Å²) in [5, 5.41) is 21.5. The number of aliphatic hydroxyl groups excluding tert-OH is 1. The van der Waals surface area contributed by atoms with Crippen LogP contribution >= 0.6 is 11.3 Å². The predicted octanol–water partition coefficient (Wildman–Crippen LogP) is 4.24. The van der Waals surface area contributed by atoms with Crippen molar-refractivity contribution in [1.82, 2.24) is 9.88 Å². The van der Waals surface area contributed by atoms with E-state index >= 15 is 0 Å². The number of aryl methyl sites for hydroxylation is 2. The minimum Gasteiger partial charge on any atom is -0.508 e. The molecule has 2 N–H and O–H groups in total. The third-order valence-corrected chi connectivity index (χ3v) is 6.11. The van der Waals surface area contributed by atoms with Crippen molar-refractivity contribution in [2.24, 2.45) is 0 Å². The first-order chi connectivity index (χ1) is 14.4. The lowest BCUT2D eigenvalue weighted by Crippen LogP contribution is -2.30. The quantitative estimate of drug-likeness (QED) is 0.603. The summed E-state index contributed by atoms with van der Waals surface area (Å²) in [6.45, 7) is 3.74. The van der Waals surface area contributed by atoms with Crippen molar-refractivity contribution in [3.63, 3.8) is 0 Å². The summed E-state index contributed by atoms with van der Waals surface area (Å²) in [5.74, 6) is -1.58. The molecule has 1 amide bonds. The topological polar surface area (TPSA) is 90.7 Å². The van der Waals surface area contributed by atoms with E-state index in [1.165, 1.54) is 28.4 Å². The Labute approximate surface area is 177 Å². The maximum Gasteiger partial charge on any atom is 0.290 e. The van der Waals surface area contributed by atoms with Gasteiger partial charge in [0.2, 0.25) is 5.78 Å². The second-order valence-corrected chi connectivity index (χ2v) is 8.36. The highest BCUT2D eigenvalue weighted by molar-refractivity contribution is 7.14. The van der Waals surface area contributed by atoms with Crippen LogP contribution in [0.3, 0.4) is 0 Å². The molecule has 1 aliphatic rings. The molecule has 2 heterocycles. The van der Waals surface area contributed by atoms with Crippen LogP contribution in [-0.2, 0) is 11.3 Å². The van der Waals surface area contributed by atoms with Gasteiger partial charge >= 0.3 is 0 Å². The molecule has 7 heteroatoms. The Morgan fingerprint density at radius 2 is 1.83 bits per heavy atom. The van der Waals surface area contributed by atoms with Crippen molar-refractivity contribution in [3.05, 3.63) is 92.6 Å². The first-order valence-corrected chi connectivity index (χ1v) is 10.2. The highest BCUT2D eigenvalue weighted by Crippen LogP contribution is 2.41. The molecule has 152 valence electrons. The lowest BCUT2D eigenvalue weighted by molar-refractivity contribution is -0.130. The fraction of sp³-hybridized carbons (Fsp3) is 0.174. The standard InChI is InChI=1S/C23H20N2O4S/c1-13-22(30-14(2)24-13)20(27)18-19(16-9-6-10-17(26)11-16)25(23(29)21(18)28)12-15-7-4-3-5-8-15/h3-11,19,26,28H,12H2,1-2H3. The number of thiazole rings is 1. The Hall–Kier alpha value is -3.45. The summed E-state index contributed by atoms with van der Waals surface area (Å²) in [6.07, 6.45) is 0. The van der Waals surface area contributed by atoms with Gasteiger partial charge in [0.1, 0.15) is 5.75 Å². The molecular formula is C23H20N2O4S. The van der Waals surface area contributed by atoms with Crippen LogP contribution in [0.2, 0.25) is 0 Å². The van der Waals surface area contributed by atoms with Gasteiger partial charge in [-0.15, -0.1) is 11.3 Å². The van der Waals surface area contributed by atoms with Crippen LogP contribution < -0.4 is 0 Å². The smallest absolute Gasteiger partial charge is 0.290 e. The fourth-order valence-corrected chi connectivity index (χ4v) is 4.61. The average molecular weight is 420 g/mol. The Bertz CT molecular complexity index is 1170. The van der Waals surface area contributed by atoms with Gasteiger partial charge in [-0.25, -0.2) is 4.98 Å². The van der Waals surface area contributed by atoms with Gasteiger partial charge < -0.3 is 15.1 Å². The Kier molecular flexibility index (Phi) is 5.13. The fourth-order valence-electron chi connectivity index (χ4n) is 3.73. The SMILES string of the molecule is Cc1nc(C)c(C(=O)C2=C(O)C(=O)N(Cc3ccccc3)C2c2cccc(O)c2)s1. The van der Waals surface area contributed by atoms with E-state index in [0.29, 0.717) is 16.1 Å². The Balaban J connectivity index is 1.83. The van der Waals surface area contributed by atoms with Gasteiger partial charge in [-0.2, -0.15) is 0 Å². The highest BCUT2D eigenvalue weighted by atomic mass is 32.1. The number of aromatic hydroxyl groups is 1. The van der Waals surface area contributed by atoms with E-state index in [4.69, 9.17) is 0 Å². The molecule has 1 aromatic heterocycles. The number of aliphatic hydroxyl groups is 1. The van der Waals surface area contributed by atoms with Gasteiger partial charge in [-0.05, 0) is 37.1 Å². The van der Waals surface area contributed by atoms with Crippen molar-refractivity contribution < 1.29 is 19.8 Å². The highest BCUT2D eigenvalue weighted by Gasteiger charge is 2.44. The summed E-state index contributed by atoms with van der Waals surface area (Å²) < 4.78 is 0. The summed E-state index contributed by atoms with van der Waals surface area (Å²) in [5.41, 5.74) is 1.98. The van der Waals surface area contributed by atoms with Crippen LogP contribution in [0.4, 0.5) is 0 Å². The number of ketones is 1. The van der Waals surface area contributed by atoms with Gasteiger partial charge in [0.15, 0.2) is 5.76 Å². The maximum absolute atomic E-state index is 13.4. The molecule has 0 bridgehead atoms. The number of hydrogen-bond acceptors (Lipinski definition) is 6. The number of carbonyl (C=O) groups is 2. The summed E-state index contributed by atoms with van der Waals surface area (Å²) in [4.78, 5) is 32.6. The lowest BCUT2D eigenvalue weighted by atomic mass is 9.94. The van der Waals surface area contributed by atoms with Crippen LogP contribution in [0.5, 0.6) is 5.75 Å². The zero-order chi connectivity index (χ0) is 21.4. The number of benzene rings is 2. The molecule has 1 unspecified atom stereocenters. The third kappa shape index (κ3) is 3.48. The number of hydrogen-bond donors (Lipinski definition) is 2. The van der Waals surface area contributed by atoms with E-state index in [1.807, 2.05) is 30.3 Å². The number of rotatable bonds is 5. The van der Waals surface area contributed by atoms with E-state index < -0.39 is 23.5 Å². The normalized spacial score (nSPS) is 16.4. The molecule has 4 rings (SSSR count). The van der Waals surface area contributed by atoms with Gasteiger partial charge in [0.25, 0.3) is 5.91 Å². The molecule has 30 heavy (non-hydrogen) atoms. The molecule has 0 spiro atoms. The van der Waals surface area contributed by atoms with E-state index in [0.717, 1.165) is 10.6 Å². The molecule has 6 nitrogen and oxygen atoms in total. The van der Waals surface area contributed by atoms with Crippen LogP contribution in [0.25, 0.3) is 0 Å². The first-order valence-electron chi connectivity index (χ1n) is 9.42. The van der Waals surface area contributed by atoms with Gasteiger partial charge in [-0.1, -0.05) is 42.5 Å². The molecule has 1 atom stereocenters. The maximum atomic E-state index is 13.4. The number of amides is 1. The minimum absolute atomic E-state index is 0.00767. The lowest BCUT2D eigenvalue weighted by Gasteiger charge is -2.27. The second-order valence-electron chi connectivity index (χ2n) is 7.15. The number of Topliss-reactive ketones (excluding diaryl/α,β-unsaturated/α-hetero) is 1. The van der Waals surface area contributed by atoms with E-state index in [-0.39, 0.29) is 17.9 Å². The monoisotopic (exact) mass is 420 g/mol. The number of carbonyl (C=O) groups excluding carboxylic acids is 2. The summed E-state index contributed by atoms with van der Waals surface area (Å²) in [6, 6.07) is 14.9. The van der Waals surface area contributed by atoms with Crippen LogP contribution in [-0.4, -0.2) is 31.8 Å². The molecule has 0 radical (unpaired) electrons. The molecule has 1 aliphatic heterocycles. The number of nitrogens with zero attached hydrogens (tertiary/aromatic N) is 2. The molecular weight excluding hydrogens is 400 g/mol. The van der Waals surface area contributed by atoms with Crippen molar-refractivity contribution in [1.29, 1.82) is 0 Å². The molecule has 3 aromatic rings. The molecule has 0 fully saturated rings. The summed E-state index contributed by atoms with van der Waals surface area (Å²) >= 11 is 1.23. The summed E-state index contributed by atoms with van der Waals surface area (Å²) in [7, 11) is 0. The van der Waals surface area contributed by atoms with E-state index in [9.17, 15) is 19.8 Å².